The maximum absolute atomic E-state index is 14.2. The molecule has 0 atom stereocenters. The average Bonchev–Trinajstić information content (AvgIpc) is 2.42. The Morgan fingerprint density at radius 3 is 2.00 bits per heavy atom. The van der Waals surface area contributed by atoms with E-state index in [2.05, 4.69) is 0 Å². The van der Waals surface area contributed by atoms with E-state index in [1.54, 1.807) is 0 Å². The van der Waals surface area contributed by atoms with Crippen LogP contribution in [0.1, 0.15) is 5.56 Å². The number of halogens is 5. The first-order valence-corrected chi connectivity index (χ1v) is 5.96. The number of hydrogen-bond donors (Lipinski definition) is 0. The van der Waals surface area contributed by atoms with Crippen LogP contribution in [0.25, 0.3) is 11.1 Å². The van der Waals surface area contributed by atoms with E-state index in [9.17, 15) is 22.0 Å². The first kappa shape index (κ1) is 15.3. The summed E-state index contributed by atoms with van der Waals surface area (Å²) in [6.07, 6.45) is 0. The lowest BCUT2D eigenvalue weighted by Crippen LogP contribution is -2.17. The lowest BCUT2D eigenvalue weighted by Gasteiger charge is -2.16. The fraction of sp³-hybridized carbons (Fsp3) is 0.143. The van der Waals surface area contributed by atoms with Crippen molar-refractivity contribution in [2.24, 2.45) is 0 Å². The highest BCUT2D eigenvalue weighted by Gasteiger charge is 2.25. The van der Waals surface area contributed by atoms with Crippen LogP contribution in [-0.4, -0.2) is 15.0 Å². The Balaban J connectivity index is 2.95. The molecule has 2 aromatic rings. The second-order valence-corrected chi connectivity index (χ2v) is 4.53. The van der Waals surface area contributed by atoms with Gasteiger partial charge in [-0.05, 0) is 12.4 Å². The number of ether oxygens (including phenoxy) is 1. The summed E-state index contributed by atoms with van der Waals surface area (Å²) in [4.78, 5) is 0. The average molecular weight is 300 g/mol. The van der Waals surface area contributed by atoms with Crippen molar-refractivity contribution in [1.82, 2.24) is 0 Å². The summed E-state index contributed by atoms with van der Waals surface area (Å²) in [7, 11) is 2.32. The minimum atomic E-state index is -1.26. The quantitative estimate of drug-likeness (QED) is 0.612. The van der Waals surface area contributed by atoms with E-state index in [4.69, 9.17) is 4.74 Å². The van der Waals surface area contributed by atoms with Gasteiger partial charge in [-0.3, -0.25) is 0 Å². The van der Waals surface area contributed by atoms with Crippen molar-refractivity contribution >= 4 is 13.3 Å². The Labute approximate surface area is 118 Å². The molecule has 0 unspecified atom stereocenters. The van der Waals surface area contributed by atoms with Crippen molar-refractivity contribution in [3.63, 3.8) is 0 Å². The molecule has 0 amide bonds. The lowest BCUT2D eigenvalue weighted by atomic mass is 9.84. The number of benzene rings is 2. The van der Waals surface area contributed by atoms with E-state index in [1.807, 2.05) is 0 Å². The fourth-order valence-electron chi connectivity index (χ4n) is 2.11. The van der Waals surface area contributed by atoms with E-state index in [0.717, 1.165) is 14.0 Å². The molecule has 0 heterocycles. The highest BCUT2D eigenvalue weighted by molar-refractivity contribution is 6.36. The van der Waals surface area contributed by atoms with Crippen molar-refractivity contribution in [3.8, 4) is 16.9 Å². The Morgan fingerprint density at radius 2 is 1.43 bits per heavy atom. The number of rotatable bonds is 2. The van der Waals surface area contributed by atoms with E-state index in [1.165, 1.54) is 7.85 Å². The Morgan fingerprint density at radius 1 is 0.857 bits per heavy atom. The van der Waals surface area contributed by atoms with Crippen LogP contribution >= 0.6 is 0 Å². The molecule has 0 aliphatic heterocycles. The molecule has 0 N–H and O–H groups in total. The summed E-state index contributed by atoms with van der Waals surface area (Å²) in [6, 6.07) is 1.03. The van der Waals surface area contributed by atoms with Gasteiger partial charge in [0.25, 0.3) is 0 Å². The molecule has 110 valence electrons. The summed E-state index contributed by atoms with van der Waals surface area (Å²) in [5.74, 6) is -6.15. The van der Waals surface area contributed by atoms with Crippen LogP contribution in [0.3, 0.4) is 0 Å². The minimum Gasteiger partial charge on any atom is -0.493 e. The fourth-order valence-corrected chi connectivity index (χ4v) is 2.11. The summed E-state index contributed by atoms with van der Waals surface area (Å²) >= 11 is 0. The second kappa shape index (κ2) is 5.39. The van der Waals surface area contributed by atoms with Crippen LogP contribution in [0, 0.1) is 36.0 Å². The zero-order valence-corrected chi connectivity index (χ0v) is 11.5. The van der Waals surface area contributed by atoms with Gasteiger partial charge in [0.15, 0.2) is 11.6 Å². The topological polar surface area (TPSA) is 9.23 Å². The highest BCUT2D eigenvalue weighted by Crippen LogP contribution is 2.36. The molecule has 0 aliphatic carbocycles. The molecule has 0 saturated heterocycles. The highest BCUT2D eigenvalue weighted by atomic mass is 19.2. The smallest absolute Gasteiger partial charge is 0.168 e. The first-order valence-electron chi connectivity index (χ1n) is 5.96. The van der Waals surface area contributed by atoms with Crippen molar-refractivity contribution < 1.29 is 26.7 Å². The first-order chi connectivity index (χ1) is 9.79. The normalized spacial score (nSPS) is 10.8. The van der Waals surface area contributed by atoms with Crippen LogP contribution in [0.2, 0.25) is 0 Å². The van der Waals surface area contributed by atoms with Crippen LogP contribution < -0.4 is 10.2 Å². The van der Waals surface area contributed by atoms with Crippen molar-refractivity contribution in [1.29, 1.82) is 0 Å². The van der Waals surface area contributed by atoms with Crippen LogP contribution in [0.4, 0.5) is 22.0 Å². The number of methoxy groups -OCH3 is 1. The standard InChI is InChI=1S/C14H10BF5O/c1-5-6(16)3-7(17)10(13(5)20)11-12(15)8(18)4-9(19)14(11)21-2/h3-4H,15H2,1-2H3. The Kier molecular flexibility index (Phi) is 3.94. The van der Waals surface area contributed by atoms with E-state index in [0.29, 0.717) is 12.1 Å². The third kappa shape index (κ3) is 2.37. The maximum Gasteiger partial charge on any atom is 0.168 e. The van der Waals surface area contributed by atoms with Crippen molar-refractivity contribution in [2.75, 3.05) is 7.11 Å². The molecule has 0 aliphatic rings. The van der Waals surface area contributed by atoms with Gasteiger partial charge in [-0.1, -0.05) is 0 Å². The molecule has 0 spiro atoms. The molecule has 1 nitrogen and oxygen atoms in total. The zero-order valence-electron chi connectivity index (χ0n) is 11.5. The van der Waals surface area contributed by atoms with E-state index in [-0.39, 0.29) is 5.46 Å². The molecule has 2 rings (SSSR count). The van der Waals surface area contributed by atoms with Crippen molar-refractivity contribution in [3.05, 3.63) is 46.8 Å². The van der Waals surface area contributed by atoms with Crippen molar-refractivity contribution in [2.45, 2.75) is 6.92 Å². The van der Waals surface area contributed by atoms with Gasteiger partial charge in [-0.25, -0.2) is 22.0 Å². The van der Waals surface area contributed by atoms with Gasteiger partial charge in [-0.15, -0.1) is 0 Å². The number of hydrogen-bond acceptors (Lipinski definition) is 1. The Hall–Kier alpha value is -2.05. The molecule has 0 bridgehead atoms. The molecule has 0 aromatic heterocycles. The summed E-state index contributed by atoms with van der Waals surface area (Å²) in [5.41, 5.74) is -1.77. The molecular formula is C14H10BF5O. The van der Waals surface area contributed by atoms with Crippen LogP contribution in [-0.2, 0) is 0 Å². The monoisotopic (exact) mass is 300 g/mol. The predicted octanol–water partition coefficient (Wildman–Crippen LogP) is 2.62. The van der Waals surface area contributed by atoms with Gasteiger partial charge in [0, 0.05) is 23.3 Å². The van der Waals surface area contributed by atoms with Gasteiger partial charge in [0.1, 0.15) is 31.1 Å². The van der Waals surface area contributed by atoms with Crippen LogP contribution in [0.5, 0.6) is 5.75 Å². The van der Waals surface area contributed by atoms with E-state index >= 15 is 0 Å². The minimum absolute atomic E-state index is 0.197. The summed E-state index contributed by atoms with van der Waals surface area (Å²) < 4.78 is 73.6. The third-order valence-electron chi connectivity index (χ3n) is 3.28. The van der Waals surface area contributed by atoms with Gasteiger partial charge < -0.3 is 4.74 Å². The summed E-state index contributed by atoms with van der Waals surface area (Å²) in [5, 5.41) is 0. The third-order valence-corrected chi connectivity index (χ3v) is 3.28. The molecule has 2 aromatic carbocycles. The zero-order chi connectivity index (χ0) is 15.9. The SMILES string of the molecule is Bc1c(F)cc(F)c(OC)c1-c1c(F)cc(F)c(C)c1F. The largest absolute Gasteiger partial charge is 0.493 e. The molecular weight excluding hydrogens is 290 g/mol. The van der Waals surface area contributed by atoms with E-state index < -0.39 is 51.5 Å². The van der Waals surface area contributed by atoms with Crippen LogP contribution in [0.15, 0.2) is 12.1 Å². The maximum atomic E-state index is 14.2. The lowest BCUT2D eigenvalue weighted by molar-refractivity contribution is 0.386. The van der Waals surface area contributed by atoms with Gasteiger partial charge in [0.2, 0.25) is 0 Å². The molecule has 7 heteroatoms. The van der Waals surface area contributed by atoms with Gasteiger partial charge in [0.05, 0.1) is 12.7 Å². The van der Waals surface area contributed by atoms with Gasteiger partial charge >= 0.3 is 0 Å². The van der Waals surface area contributed by atoms with Gasteiger partial charge in [-0.2, -0.15) is 0 Å². The predicted molar refractivity (Wildman–Crippen MR) is 71.1 cm³/mol. The molecule has 0 radical (unpaired) electrons. The summed E-state index contributed by atoms with van der Waals surface area (Å²) in [6.45, 7) is 1.10. The Bertz CT molecular complexity index is 730. The molecule has 0 fully saturated rings. The molecule has 0 saturated carbocycles. The second-order valence-electron chi connectivity index (χ2n) is 4.53. The molecule has 21 heavy (non-hydrogen) atoms.